The van der Waals surface area contributed by atoms with Gasteiger partial charge in [0.05, 0.1) is 0 Å². The molecule has 0 aliphatic heterocycles. The molecule has 2 heteroatoms. The summed E-state index contributed by atoms with van der Waals surface area (Å²) in [5.74, 6) is 0. The molecule has 0 amide bonds. The molecule has 0 saturated heterocycles. The molecule has 0 fully saturated rings. The van der Waals surface area contributed by atoms with E-state index in [0.717, 1.165) is 13.0 Å². The number of rotatable bonds is 6. The smallest absolute Gasteiger partial charge is 0.00385 e. The second-order valence-corrected chi connectivity index (χ2v) is 3.90. The molecule has 0 heterocycles. The van der Waals surface area contributed by atoms with E-state index >= 15 is 0 Å². The summed E-state index contributed by atoms with van der Waals surface area (Å²) in [6.45, 7) is 11.1. The Kier molecular flexibility index (Phi) is 6.39. The van der Waals surface area contributed by atoms with E-state index in [2.05, 4.69) is 32.6 Å². The Morgan fingerprint density at radius 1 is 1.17 bits per heavy atom. The van der Waals surface area contributed by atoms with E-state index in [1.165, 1.54) is 13.0 Å². The van der Waals surface area contributed by atoms with Gasteiger partial charge >= 0.3 is 0 Å². The highest BCUT2D eigenvalue weighted by molar-refractivity contribution is 4.64. The van der Waals surface area contributed by atoms with E-state index < -0.39 is 0 Å². The summed E-state index contributed by atoms with van der Waals surface area (Å²) >= 11 is 0. The highest BCUT2D eigenvalue weighted by atomic mass is 15.1. The fourth-order valence-corrected chi connectivity index (χ4v) is 1.28. The van der Waals surface area contributed by atoms with Crippen LogP contribution >= 0.6 is 0 Å². The number of nitrogens with zero attached hydrogens (tertiary/aromatic N) is 1. The zero-order valence-corrected chi connectivity index (χ0v) is 9.01. The molecule has 0 aromatic carbocycles. The van der Waals surface area contributed by atoms with Gasteiger partial charge < -0.3 is 10.6 Å². The van der Waals surface area contributed by atoms with Crippen molar-refractivity contribution in [1.29, 1.82) is 0 Å². The Morgan fingerprint density at radius 2 is 1.75 bits per heavy atom. The van der Waals surface area contributed by atoms with Crippen LogP contribution in [0.3, 0.4) is 0 Å². The summed E-state index contributed by atoms with van der Waals surface area (Å²) < 4.78 is 0. The van der Waals surface area contributed by atoms with Gasteiger partial charge in [-0.1, -0.05) is 6.92 Å². The minimum Gasteiger partial charge on any atom is -0.328 e. The first-order valence-electron chi connectivity index (χ1n) is 5.07. The molecule has 0 rings (SSSR count). The van der Waals surface area contributed by atoms with E-state index in [-0.39, 0.29) is 0 Å². The Morgan fingerprint density at radius 3 is 2.08 bits per heavy atom. The highest BCUT2D eigenvalue weighted by Gasteiger charge is 2.07. The van der Waals surface area contributed by atoms with Crippen LogP contribution in [0.25, 0.3) is 0 Å². The molecule has 2 nitrogen and oxygen atoms in total. The van der Waals surface area contributed by atoms with Gasteiger partial charge in [0.2, 0.25) is 0 Å². The van der Waals surface area contributed by atoms with Crippen molar-refractivity contribution in [1.82, 2.24) is 4.90 Å². The van der Waals surface area contributed by atoms with Gasteiger partial charge in [-0.2, -0.15) is 0 Å². The van der Waals surface area contributed by atoms with Crippen molar-refractivity contribution in [2.24, 2.45) is 5.73 Å². The van der Waals surface area contributed by atoms with Crippen LogP contribution in [0.4, 0.5) is 0 Å². The molecule has 0 radical (unpaired) electrons. The van der Waals surface area contributed by atoms with Gasteiger partial charge in [-0.05, 0) is 46.7 Å². The summed E-state index contributed by atoms with van der Waals surface area (Å²) in [6.07, 6.45) is 2.34. The van der Waals surface area contributed by atoms with Crippen LogP contribution in [0.1, 0.15) is 40.5 Å². The average Bonchev–Trinajstić information content (AvgIpc) is 1.96. The van der Waals surface area contributed by atoms with Gasteiger partial charge in [-0.15, -0.1) is 0 Å². The minimum absolute atomic E-state index is 0.336. The second kappa shape index (κ2) is 6.44. The Labute approximate surface area is 77.1 Å². The van der Waals surface area contributed by atoms with Gasteiger partial charge in [0.15, 0.2) is 0 Å². The molecule has 2 N–H and O–H groups in total. The third-order valence-corrected chi connectivity index (χ3v) is 2.11. The first kappa shape index (κ1) is 11.9. The molecule has 74 valence electrons. The van der Waals surface area contributed by atoms with Crippen LogP contribution in [0.5, 0.6) is 0 Å². The SMILES string of the molecule is CCCN(CCC(C)N)C(C)C. The summed E-state index contributed by atoms with van der Waals surface area (Å²) in [4.78, 5) is 2.49. The van der Waals surface area contributed by atoms with Crippen molar-refractivity contribution in [2.75, 3.05) is 13.1 Å². The zero-order chi connectivity index (χ0) is 9.56. The Balaban J connectivity index is 3.63. The monoisotopic (exact) mass is 172 g/mol. The van der Waals surface area contributed by atoms with Gasteiger partial charge in [0, 0.05) is 12.1 Å². The van der Waals surface area contributed by atoms with Gasteiger partial charge in [-0.25, -0.2) is 0 Å². The van der Waals surface area contributed by atoms with E-state index in [0.29, 0.717) is 12.1 Å². The van der Waals surface area contributed by atoms with Crippen molar-refractivity contribution >= 4 is 0 Å². The number of hydrogen-bond donors (Lipinski definition) is 1. The molecule has 0 spiro atoms. The van der Waals surface area contributed by atoms with Crippen molar-refractivity contribution in [2.45, 2.75) is 52.6 Å². The van der Waals surface area contributed by atoms with Crippen molar-refractivity contribution < 1.29 is 0 Å². The standard InChI is InChI=1S/C10H24N2/c1-5-7-12(9(2)3)8-6-10(4)11/h9-10H,5-8,11H2,1-4H3. The van der Waals surface area contributed by atoms with E-state index in [4.69, 9.17) is 5.73 Å². The predicted octanol–water partition coefficient (Wildman–Crippen LogP) is 1.84. The fraction of sp³-hybridized carbons (Fsp3) is 1.00. The lowest BCUT2D eigenvalue weighted by molar-refractivity contribution is 0.215. The molecule has 12 heavy (non-hydrogen) atoms. The minimum atomic E-state index is 0.336. The molecule has 0 saturated carbocycles. The molecule has 0 bridgehead atoms. The summed E-state index contributed by atoms with van der Waals surface area (Å²) in [6, 6.07) is 0.992. The third-order valence-electron chi connectivity index (χ3n) is 2.11. The van der Waals surface area contributed by atoms with Crippen LogP contribution in [-0.2, 0) is 0 Å². The second-order valence-electron chi connectivity index (χ2n) is 3.90. The maximum Gasteiger partial charge on any atom is 0.00385 e. The molecule has 0 aliphatic rings. The molecule has 0 aromatic heterocycles. The van der Waals surface area contributed by atoms with Crippen LogP contribution in [0.15, 0.2) is 0 Å². The molecule has 1 unspecified atom stereocenters. The normalized spacial score (nSPS) is 14.2. The van der Waals surface area contributed by atoms with Gasteiger partial charge in [-0.3, -0.25) is 0 Å². The van der Waals surface area contributed by atoms with Crippen LogP contribution in [0, 0.1) is 0 Å². The number of nitrogens with two attached hydrogens (primary N) is 1. The van der Waals surface area contributed by atoms with E-state index in [1.807, 2.05) is 0 Å². The van der Waals surface area contributed by atoms with Crippen LogP contribution in [-0.4, -0.2) is 30.1 Å². The lowest BCUT2D eigenvalue weighted by Crippen LogP contribution is -2.35. The summed E-state index contributed by atoms with van der Waals surface area (Å²) in [7, 11) is 0. The molecule has 0 aliphatic carbocycles. The third kappa shape index (κ3) is 5.56. The molecular formula is C10H24N2. The van der Waals surface area contributed by atoms with Crippen molar-refractivity contribution in [3.63, 3.8) is 0 Å². The lowest BCUT2D eigenvalue weighted by atomic mass is 10.2. The van der Waals surface area contributed by atoms with E-state index in [1.54, 1.807) is 0 Å². The quantitative estimate of drug-likeness (QED) is 0.662. The molecule has 1 atom stereocenters. The maximum absolute atomic E-state index is 5.71. The molecule has 0 aromatic rings. The van der Waals surface area contributed by atoms with Crippen LogP contribution < -0.4 is 5.73 Å². The summed E-state index contributed by atoms with van der Waals surface area (Å²) in [5, 5.41) is 0. The Bertz CT molecular complexity index is 100. The van der Waals surface area contributed by atoms with Gasteiger partial charge in [0.25, 0.3) is 0 Å². The summed E-state index contributed by atoms with van der Waals surface area (Å²) in [5.41, 5.74) is 5.71. The number of hydrogen-bond acceptors (Lipinski definition) is 2. The van der Waals surface area contributed by atoms with Gasteiger partial charge in [0.1, 0.15) is 0 Å². The zero-order valence-electron chi connectivity index (χ0n) is 9.01. The highest BCUT2D eigenvalue weighted by Crippen LogP contribution is 2.01. The lowest BCUT2D eigenvalue weighted by Gasteiger charge is -2.26. The largest absolute Gasteiger partial charge is 0.328 e. The van der Waals surface area contributed by atoms with Crippen molar-refractivity contribution in [3.8, 4) is 0 Å². The average molecular weight is 172 g/mol. The maximum atomic E-state index is 5.71. The van der Waals surface area contributed by atoms with Crippen molar-refractivity contribution in [3.05, 3.63) is 0 Å². The predicted molar refractivity (Wildman–Crippen MR) is 55.3 cm³/mol. The topological polar surface area (TPSA) is 29.3 Å². The Hall–Kier alpha value is -0.0800. The first-order valence-corrected chi connectivity index (χ1v) is 5.07. The molecular weight excluding hydrogens is 148 g/mol. The van der Waals surface area contributed by atoms with Crippen LogP contribution in [0.2, 0.25) is 0 Å². The fourth-order valence-electron chi connectivity index (χ4n) is 1.28. The first-order chi connectivity index (χ1) is 5.57. The van der Waals surface area contributed by atoms with E-state index in [9.17, 15) is 0 Å².